The van der Waals surface area contributed by atoms with E-state index in [1.165, 1.54) is 16.4 Å². The second-order valence-electron chi connectivity index (χ2n) is 8.54. The summed E-state index contributed by atoms with van der Waals surface area (Å²) in [6, 6.07) is 9.99. The highest BCUT2D eigenvalue weighted by Crippen LogP contribution is 2.34. The number of methoxy groups -OCH3 is 1. The molecule has 1 atom stereocenters. The monoisotopic (exact) mass is 476 g/mol. The van der Waals surface area contributed by atoms with Gasteiger partial charge in [0.15, 0.2) is 11.5 Å². The topological polar surface area (TPSA) is 84.9 Å². The minimum atomic E-state index is -3.80. The zero-order valence-corrected chi connectivity index (χ0v) is 19.4. The molecule has 178 valence electrons. The van der Waals surface area contributed by atoms with E-state index in [1.54, 1.807) is 25.3 Å². The van der Waals surface area contributed by atoms with Gasteiger partial charge < -0.3 is 14.8 Å². The first-order valence-corrected chi connectivity index (χ1v) is 12.7. The van der Waals surface area contributed by atoms with E-state index in [-0.39, 0.29) is 23.5 Å². The summed E-state index contributed by atoms with van der Waals surface area (Å²) in [5, 5.41) is 2.90. The summed E-state index contributed by atoms with van der Waals surface area (Å²) >= 11 is 0. The molecule has 1 saturated heterocycles. The average molecular weight is 477 g/mol. The predicted molar refractivity (Wildman–Crippen MR) is 122 cm³/mol. The maximum absolute atomic E-state index is 13.2. The highest BCUT2D eigenvalue weighted by Gasteiger charge is 2.33. The molecular formula is C24H29FN2O5S. The second kappa shape index (κ2) is 10.1. The molecule has 7 nitrogen and oxygen atoms in total. The number of hydrogen-bond donors (Lipinski definition) is 1. The summed E-state index contributed by atoms with van der Waals surface area (Å²) in [5.74, 6) is -0.0395. The van der Waals surface area contributed by atoms with Crippen LogP contribution in [0.3, 0.4) is 0 Å². The SMILES string of the molecule is COc1ccc(NC(=O)C2CCCN(S(=O)(=O)c3ccc(F)cc3)C2)cc1OC1CCCC1. The summed E-state index contributed by atoms with van der Waals surface area (Å²) in [6.45, 7) is 0.401. The molecular weight excluding hydrogens is 447 g/mol. The van der Waals surface area contributed by atoms with Crippen LogP contribution in [0.2, 0.25) is 0 Å². The number of nitrogens with zero attached hydrogens (tertiary/aromatic N) is 1. The molecule has 0 spiro atoms. The molecule has 2 aromatic rings. The fourth-order valence-corrected chi connectivity index (χ4v) is 5.93. The van der Waals surface area contributed by atoms with Gasteiger partial charge in [0, 0.05) is 24.8 Å². The van der Waals surface area contributed by atoms with Crippen molar-refractivity contribution in [1.29, 1.82) is 0 Å². The van der Waals surface area contributed by atoms with Crippen LogP contribution in [0.25, 0.3) is 0 Å². The molecule has 1 saturated carbocycles. The number of carbonyl (C=O) groups is 1. The summed E-state index contributed by atoms with van der Waals surface area (Å²) in [4.78, 5) is 13.0. The Labute approximate surface area is 193 Å². The van der Waals surface area contributed by atoms with E-state index >= 15 is 0 Å². The Bertz CT molecular complexity index is 1080. The molecule has 0 radical (unpaired) electrons. The van der Waals surface area contributed by atoms with E-state index in [4.69, 9.17) is 9.47 Å². The number of halogens is 1. The molecule has 2 aromatic carbocycles. The van der Waals surface area contributed by atoms with Crippen LogP contribution >= 0.6 is 0 Å². The van der Waals surface area contributed by atoms with Gasteiger partial charge in [0.1, 0.15) is 5.82 Å². The summed E-state index contributed by atoms with van der Waals surface area (Å²) in [5.41, 5.74) is 0.576. The molecule has 0 bridgehead atoms. The standard InChI is InChI=1S/C24H29FN2O5S/c1-31-22-13-10-19(15-23(22)32-20-6-2-3-7-20)26-24(28)17-5-4-14-27(16-17)33(29,30)21-11-8-18(25)9-12-21/h8-13,15,17,20H,2-7,14,16H2,1H3,(H,26,28). The van der Waals surface area contributed by atoms with Crippen LogP contribution in [-0.2, 0) is 14.8 Å². The van der Waals surface area contributed by atoms with E-state index in [2.05, 4.69) is 5.32 Å². The molecule has 1 aliphatic carbocycles. The molecule has 1 N–H and O–H groups in total. The van der Waals surface area contributed by atoms with Crippen molar-refractivity contribution in [2.45, 2.75) is 49.5 Å². The molecule has 1 unspecified atom stereocenters. The second-order valence-corrected chi connectivity index (χ2v) is 10.5. The number of anilines is 1. The van der Waals surface area contributed by atoms with Crippen LogP contribution in [0, 0.1) is 11.7 Å². The lowest BCUT2D eigenvalue weighted by Gasteiger charge is -2.31. The van der Waals surface area contributed by atoms with Crippen LogP contribution in [0.5, 0.6) is 11.5 Å². The van der Waals surface area contributed by atoms with Crippen molar-refractivity contribution >= 4 is 21.6 Å². The molecule has 1 amide bonds. The first kappa shape index (κ1) is 23.5. The van der Waals surface area contributed by atoms with Crippen molar-refractivity contribution in [3.8, 4) is 11.5 Å². The Kier molecular flexibility index (Phi) is 7.19. The summed E-state index contributed by atoms with van der Waals surface area (Å²) < 4.78 is 51.9. The maximum Gasteiger partial charge on any atom is 0.243 e. The third-order valence-corrected chi connectivity index (χ3v) is 8.11. The van der Waals surface area contributed by atoms with Gasteiger partial charge >= 0.3 is 0 Å². The Morgan fingerprint density at radius 1 is 1.03 bits per heavy atom. The van der Waals surface area contributed by atoms with Crippen molar-refractivity contribution in [2.24, 2.45) is 5.92 Å². The Morgan fingerprint density at radius 2 is 1.76 bits per heavy atom. The van der Waals surface area contributed by atoms with Gasteiger partial charge in [-0.15, -0.1) is 0 Å². The molecule has 9 heteroatoms. The Balaban J connectivity index is 1.44. The predicted octanol–water partition coefficient (Wildman–Crippen LogP) is 4.20. The van der Waals surface area contributed by atoms with E-state index < -0.39 is 21.8 Å². The van der Waals surface area contributed by atoms with Gasteiger partial charge in [0.25, 0.3) is 0 Å². The van der Waals surface area contributed by atoms with Gasteiger partial charge in [-0.2, -0.15) is 4.31 Å². The van der Waals surface area contributed by atoms with E-state index in [1.807, 2.05) is 0 Å². The van der Waals surface area contributed by atoms with Crippen LogP contribution in [0.15, 0.2) is 47.4 Å². The Morgan fingerprint density at radius 3 is 2.45 bits per heavy atom. The minimum absolute atomic E-state index is 0.0221. The van der Waals surface area contributed by atoms with Gasteiger partial charge in [-0.25, -0.2) is 12.8 Å². The number of rotatable bonds is 7. The van der Waals surface area contributed by atoms with Crippen molar-refractivity contribution in [2.75, 3.05) is 25.5 Å². The van der Waals surface area contributed by atoms with Gasteiger partial charge in [-0.3, -0.25) is 4.79 Å². The lowest BCUT2D eigenvalue weighted by Crippen LogP contribution is -2.43. The quantitative estimate of drug-likeness (QED) is 0.648. The third kappa shape index (κ3) is 5.47. The number of amides is 1. The van der Waals surface area contributed by atoms with Crippen LogP contribution in [-0.4, -0.2) is 44.9 Å². The molecule has 1 aliphatic heterocycles. The smallest absolute Gasteiger partial charge is 0.243 e. The van der Waals surface area contributed by atoms with Crippen molar-refractivity contribution in [3.63, 3.8) is 0 Å². The van der Waals surface area contributed by atoms with Crippen LogP contribution < -0.4 is 14.8 Å². The highest BCUT2D eigenvalue weighted by molar-refractivity contribution is 7.89. The minimum Gasteiger partial charge on any atom is -0.493 e. The van der Waals surface area contributed by atoms with Gasteiger partial charge in [-0.1, -0.05) is 0 Å². The Hall–Kier alpha value is -2.65. The van der Waals surface area contributed by atoms with Crippen molar-refractivity contribution in [1.82, 2.24) is 4.31 Å². The zero-order chi connectivity index (χ0) is 23.4. The lowest BCUT2D eigenvalue weighted by atomic mass is 9.98. The van der Waals surface area contributed by atoms with Gasteiger partial charge in [0.2, 0.25) is 15.9 Å². The molecule has 2 aliphatic rings. The van der Waals surface area contributed by atoms with Crippen molar-refractivity contribution in [3.05, 3.63) is 48.3 Å². The number of hydrogen-bond acceptors (Lipinski definition) is 5. The lowest BCUT2D eigenvalue weighted by molar-refractivity contribution is -0.120. The summed E-state index contributed by atoms with van der Waals surface area (Å²) in [7, 11) is -2.22. The molecule has 1 heterocycles. The normalized spacial score (nSPS) is 19.9. The summed E-state index contributed by atoms with van der Waals surface area (Å²) in [6.07, 6.45) is 5.58. The first-order valence-electron chi connectivity index (χ1n) is 11.3. The first-order chi connectivity index (χ1) is 15.9. The number of ether oxygens (including phenoxy) is 2. The number of carbonyl (C=O) groups excluding carboxylic acids is 1. The fraction of sp³-hybridized carbons (Fsp3) is 0.458. The van der Waals surface area contributed by atoms with Gasteiger partial charge in [-0.05, 0) is 74.9 Å². The number of piperidine rings is 1. The van der Waals surface area contributed by atoms with Crippen LogP contribution in [0.4, 0.5) is 10.1 Å². The van der Waals surface area contributed by atoms with E-state index in [0.717, 1.165) is 37.8 Å². The molecule has 33 heavy (non-hydrogen) atoms. The number of sulfonamides is 1. The molecule has 4 rings (SSSR count). The largest absolute Gasteiger partial charge is 0.493 e. The highest BCUT2D eigenvalue weighted by atomic mass is 32.2. The van der Waals surface area contributed by atoms with Gasteiger partial charge in [0.05, 0.1) is 24.0 Å². The zero-order valence-electron chi connectivity index (χ0n) is 18.6. The maximum atomic E-state index is 13.2. The third-order valence-electron chi connectivity index (χ3n) is 6.23. The molecule has 0 aromatic heterocycles. The van der Waals surface area contributed by atoms with Crippen molar-refractivity contribution < 1.29 is 27.1 Å². The van der Waals surface area contributed by atoms with E-state index in [9.17, 15) is 17.6 Å². The number of nitrogens with one attached hydrogen (secondary N) is 1. The fourth-order valence-electron chi connectivity index (χ4n) is 4.41. The number of benzene rings is 2. The average Bonchev–Trinajstić information content (AvgIpc) is 3.33. The van der Waals surface area contributed by atoms with E-state index in [0.29, 0.717) is 36.6 Å². The molecule has 2 fully saturated rings. The van der Waals surface area contributed by atoms with Crippen LogP contribution in [0.1, 0.15) is 38.5 Å².